The second-order valence-electron chi connectivity index (χ2n) is 12.0. The molecule has 5 N–H and O–H groups in total. The molecule has 306 valence electrons. The number of nitrogens with zero attached hydrogens (tertiary/aromatic N) is 3. The predicted octanol–water partition coefficient (Wildman–Crippen LogP) is 12.6. The number of alkyl halides is 1. The van der Waals surface area contributed by atoms with Crippen molar-refractivity contribution in [3.63, 3.8) is 0 Å². The van der Waals surface area contributed by atoms with Gasteiger partial charge < -0.3 is 21.5 Å². The first-order valence-electron chi connectivity index (χ1n) is 19.3. The third-order valence-corrected chi connectivity index (χ3v) is 7.98. The van der Waals surface area contributed by atoms with Crippen LogP contribution in [0, 0.1) is 39.2 Å². The molecule has 2 atom stereocenters. The molecule has 0 aliphatic heterocycles. The van der Waals surface area contributed by atoms with Gasteiger partial charge in [-0.05, 0) is 105 Å². The number of hydrogen-bond acceptors (Lipinski definition) is 7. The van der Waals surface area contributed by atoms with Gasteiger partial charge in [0.05, 0.1) is 12.8 Å². The Hall–Kier alpha value is -4.61. The van der Waals surface area contributed by atoms with Crippen LogP contribution in [-0.2, 0) is 0 Å². The molecule has 1 aromatic carbocycles. The van der Waals surface area contributed by atoms with E-state index >= 15 is 0 Å². The molecule has 2 heterocycles. The Bertz CT molecular complexity index is 1590. The predicted molar refractivity (Wildman–Crippen MR) is 243 cm³/mol. The molecule has 7 nitrogen and oxygen atoms in total. The molecule has 1 aliphatic rings. The van der Waals surface area contributed by atoms with E-state index in [1.54, 1.807) is 19.4 Å². The van der Waals surface area contributed by atoms with Crippen LogP contribution in [-0.4, -0.2) is 36.1 Å². The number of aliphatic imine (C=N–C) groups is 1. The lowest BCUT2D eigenvalue weighted by molar-refractivity contribution is 0.377. The fourth-order valence-corrected chi connectivity index (χ4v) is 4.93. The Morgan fingerprint density at radius 2 is 1.69 bits per heavy atom. The standard InChI is InChI=1S/C30H37ClFN5O.C5H8.C3H8.C2H3N.2C2H6.C2H4/c1-8-9-22(15-35-20(5)23-12-18(3)28(33)24(14-23)16-36-21(6)32)26-13-17(2)19(4)29(37-26)25-10-11-34-30(38-7)27(25)31;1-2-5-3-4-5;1-3-2;1-2-3;3*1-2/h10-14,16,21-22,35H,5,8-9,15,33H2,1-4,6-7H3;2,5H,1,3-4H2;3H2,1-2H3;1H,3H2;2*1-2H3;1-2H2/b36-16+;;;;;;. The third kappa shape index (κ3) is 20.6. The molecule has 9 heteroatoms. The molecule has 2 unspecified atom stereocenters. The minimum Gasteiger partial charge on any atom is -0.480 e. The molecule has 0 amide bonds. The lowest BCUT2D eigenvalue weighted by Crippen LogP contribution is -2.21. The molecule has 2 aromatic heterocycles. The van der Waals surface area contributed by atoms with Gasteiger partial charge in [0.1, 0.15) is 5.02 Å². The molecule has 4 rings (SSSR count). The maximum atomic E-state index is 13.3. The van der Waals surface area contributed by atoms with Crippen LogP contribution in [0.15, 0.2) is 67.8 Å². The van der Waals surface area contributed by atoms with Crippen molar-refractivity contribution in [2.75, 3.05) is 19.4 Å². The van der Waals surface area contributed by atoms with Crippen molar-refractivity contribution in [1.29, 1.82) is 0 Å². The molecule has 55 heavy (non-hydrogen) atoms. The Kier molecular flexibility index (Phi) is 32.6. The molecule has 3 aromatic rings. The minimum atomic E-state index is -1.30. The quantitative estimate of drug-likeness (QED) is 0.0421. The maximum absolute atomic E-state index is 13.3. The van der Waals surface area contributed by atoms with E-state index < -0.39 is 6.30 Å². The molecule has 0 radical (unpaired) electrons. The van der Waals surface area contributed by atoms with Crippen molar-refractivity contribution < 1.29 is 9.13 Å². The molecule has 1 fully saturated rings. The number of allylic oxidation sites excluding steroid dienone is 1. The molecular formula is C46H72ClFN6O. The topological polar surface area (TPSA) is 111 Å². The van der Waals surface area contributed by atoms with E-state index in [2.05, 4.69) is 87.5 Å². The molecule has 0 spiro atoms. The number of terminal acetylenes is 1. The summed E-state index contributed by atoms with van der Waals surface area (Å²) in [7, 11) is 1.55. The van der Waals surface area contributed by atoms with Crippen molar-refractivity contribution in [3.8, 4) is 29.6 Å². The summed E-state index contributed by atoms with van der Waals surface area (Å²) in [5, 5.41) is 3.94. The average Bonchev–Trinajstić information content (AvgIpc) is 4.03. The summed E-state index contributed by atoms with van der Waals surface area (Å²) in [5.41, 5.74) is 19.1. The zero-order valence-corrected chi connectivity index (χ0v) is 36.8. The zero-order valence-electron chi connectivity index (χ0n) is 36.1. The van der Waals surface area contributed by atoms with E-state index in [4.69, 9.17) is 27.1 Å². The first-order chi connectivity index (χ1) is 26.3. The largest absolute Gasteiger partial charge is 0.480 e. The second-order valence-corrected chi connectivity index (χ2v) is 12.3. The highest BCUT2D eigenvalue weighted by Crippen LogP contribution is 2.36. The van der Waals surface area contributed by atoms with Crippen molar-refractivity contribution >= 4 is 29.2 Å². The fraction of sp³-hybridized carbons (Fsp3) is 0.457. The van der Waals surface area contributed by atoms with Crippen molar-refractivity contribution in [3.05, 3.63) is 101 Å². The monoisotopic (exact) mass is 779 g/mol. The average molecular weight is 780 g/mol. The zero-order chi connectivity index (χ0) is 43.1. The van der Waals surface area contributed by atoms with Crippen LogP contribution in [0.5, 0.6) is 5.88 Å². The molecule has 1 aliphatic carbocycles. The molecule has 1 saturated carbocycles. The van der Waals surface area contributed by atoms with Crippen molar-refractivity contribution in [2.24, 2.45) is 16.6 Å². The summed E-state index contributed by atoms with van der Waals surface area (Å²) in [6, 6.07) is 9.62. The van der Waals surface area contributed by atoms with Crippen LogP contribution in [0.4, 0.5) is 10.1 Å². The van der Waals surface area contributed by atoms with Gasteiger partial charge in [-0.25, -0.2) is 9.37 Å². The Morgan fingerprint density at radius 3 is 2.15 bits per heavy atom. The number of nitrogen functional groups attached to an aromatic ring is 1. The van der Waals surface area contributed by atoms with E-state index in [9.17, 15) is 4.39 Å². The van der Waals surface area contributed by atoms with Crippen LogP contribution in [0.2, 0.25) is 5.02 Å². The van der Waals surface area contributed by atoms with Crippen LogP contribution < -0.4 is 21.5 Å². The minimum absolute atomic E-state index is 0.139. The van der Waals surface area contributed by atoms with Gasteiger partial charge >= 0.3 is 0 Å². The van der Waals surface area contributed by atoms with E-state index in [1.165, 1.54) is 32.4 Å². The van der Waals surface area contributed by atoms with Gasteiger partial charge in [0.2, 0.25) is 5.88 Å². The number of anilines is 1. The van der Waals surface area contributed by atoms with Gasteiger partial charge in [0.25, 0.3) is 0 Å². The van der Waals surface area contributed by atoms with Crippen LogP contribution in [0.1, 0.15) is 127 Å². The number of nitrogens with one attached hydrogen (secondary N) is 1. The highest BCUT2D eigenvalue weighted by Gasteiger charge is 2.20. The summed E-state index contributed by atoms with van der Waals surface area (Å²) in [4.78, 5) is 13.1. The summed E-state index contributed by atoms with van der Waals surface area (Å²) in [6.07, 6.45) is 14.2. The summed E-state index contributed by atoms with van der Waals surface area (Å²) < 4.78 is 18.6. The lowest BCUT2D eigenvalue weighted by atomic mass is 9.94. The summed E-state index contributed by atoms with van der Waals surface area (Å²) in [6.45, 7) is 36.4. The highest BCUT2D eigenvalue weighted by atomic mass is 35.5. The number of aromatic nitrogens is 2. The van der Waals surface area contributed by atoms with E-state index in [0.717, 1.165) is 63.7 Å². The Morgan fingerprint density at radius 1 is 1.13 bits per heavy atom. The summed E-state index contributed by atoms with van der Waals surface area (Å²) in [5.74, 6) is 1.41. The number of rotatable bonds is 12. The molecule has 0 saturated heterocycles. The van der Waals surface area contributed by atoms with Crippen LogP contribution >= 0.6 is 11.6 Å². The number of aryl methyl sites for hydroxylation is 2. The first-order valence-corrected chi connectivity index (χ1v) is 19.7. The third-order valence-electron chi connectivity index (χ3n) is 7.62. The number of nitrogens with two attached hydrogens (primary N) is 2. The number of methoxy groups -OCH3 is 1. The van der Waals surface area contributed by atoms with Gasteiger partial charge in [-0.2, -0.15) is 0 Å². The van der Waals surface area contributed by atoms with Crippen LogP contribution in [0.3, 0.4) is 0 Å². The second kappa shape index (κ2) is 32.8. The van der Waals surface area contributed by atoms with Gasteiger partial charge in [-0.15, -0.1) is 19.7 Å². The molecular weight excluding hydrogens is 707 g/mol. The Balaban J connectivity index is -0.00000134. The van der Waals surface area contributed by atoms with E-state index in [0.29, 0.717) is 28.7 Å². The number of benzene rings is 1. The fourth-order valence-electron chi connectivity index (χ4n) is 4.66. The number of pyridine rings is 2. The van der Waals surface area contributed by atoms with Gasteiger partial charge in [-0.1, -0.05) is 92.0 Å². The highest BCUT2D eigenvalue weighted by molar-refractivity contribution is 6.34. The first kappa shape index (κ1) is 54.7. The SMILES string of the molecule is C#CN.C=C.C=C(NCC(CCC)c1cc(C)c(C)c(-c2ccnc(OC)c2Cl)n1)c1cc(C)c(N)c(/C=N/C(C)F)c1.C=CC1CC1.CC.CC.CCC. The van der Waals surface area contributed by atoms with E-state index in [1.807, 2.05) is 65.8 Å². The van der Waals surface area contributed by atoms with Crippen molar-refractivity contribution in [2.45, 2.75) is 120 Å². The van der Waals surface area contributed by atoms with Gasteiger partial charge in [0, 0.05) is 53.1 Å². The summed E-state index contributed by atoms with van der Waals surface area (Å²) >= 11 is 6.62. The maximum Gasteiger partial charge on any atom is 0.232 e. The number of hydrogen-bond donors (Lipinski definition) is 3. The lowest BCUT2D eigenvalue weighted by Gasteiger charge is -2.22. The number of ether oxygens (including phenoxy) is 1. The molecule has 0 bridgehead atoms. The van der Waals surface area contributed by atoms with Gasteiger partial charge in [-0.3, -0.25) is 9.98 Å². The normalized spacial score (nSPS) is 11.7. The Labute approximate surface area is 340 Å². The van der Waals surface area contributed by atoms with Crippen LogP contribution in [0.25, 0.3) is 17.0 Å². The van der Waals surface area contributed by atoms with E-state index in [-0.39, 0.29) is 5.92 Å². The van der Waals surface area contributed by atoms with Gasteiger partial charge in [0.15, 0.2) is 6.30 Å². The number of halogens is 2. The smallest absolute Gasteiger partial charge is 0.232 e. The van der Waals surface area contributed by atoms with Crippen molar-refractivity contribution in [1.82, 2.24) is 15.3 Å².